The second-order valence-electron chi connectivity index (χ2n) is 7.57. The Bertz CT molecular complexity index is 867. The van der Waals surface area contributed by atoms with Crippen LogP contribution < -0.4 is 10.2 Å². The lowest BCUT2D eigenvalue weighted by atomic mass is 9.94. The number of hydrogen-bond donors (Lipinski definition) is 2. The van der Waals surface area contributed by atoms with Crippen LogP contribution in [0.4, 0.5) is 0 Å². The van der Waals surface area contributed by atoms with Gasteiger partial charge in [0.2, 0.25) is 0 Å². The van der Waals surface area contributed by atoms with Gasteiger partial charge in [-0.15, -0.1) is 4.72 Å². The van der Waals surface area contributed by atoms with Gasteiger partial charge in [0.05, 0.1) is 18.8 Å². The van der Waals surface area contributed by atoms with Gasteiger partial charge >= 0.3 is 0 Å². The zero-order chi connectivity index (χ0) is 18.1. The molecule has 2 aliphatic rings. The van der Waals surface area contributed by atoms with E-state index >= 15 is 0 Å². The zero-order valence-corrected chi connectivity index (χ0v) is 16.1. The van der Waals surface area contributed by atoms with E-state index in [2.05, 4.69) is 9.71 Å². The Labute approximate surface area is 156 Å². The molecule has 4 rings (SSSR count). The fraction of sp³-hybridized carbons (Fsp3) is 0.550. The summed E-state index contributed by atoms with van der Waals surface area (Å²) in [6.07, 6.45) is 6.40. The van der Waals surface area contributed by atoms with Crippen molar-refractivity contribution in [3.63, 3.8) is 0 Å². The highest BCUT2D eigenvalue weighted by atomic mass is 32.2. The topological polar surface area (TPSA) is 71.2 Å². The van der Waals surface area contributed by atoms with Crippen LogP contribution in [0.25, 0.3) is 10.9 Å². The summed E-state index contributed by atoms with van der Waals surface area (Å²) >= 11 is 0. The molecule has 5 nitrogen and oxygen atoms in total. The average Bonchev–Trinajstić information content (AvgIpc) is 3.50. The van der Waals surface area contributed by atoms with Crippen LogP contribution in [0.5, 0.6) is 0 Å². The van der Waals surface area contributed by atoms with Gasteiger partial charge in [0, 0.05) is 35.0 Å². The van der Waals surface area contributed by atoms with E-state index in [0.717, 1.165) is 60.7 Å². The molecule has 140 valence electrons. The average molecular weight is 376 g/mol. The number of nitrogens with one attached hydrogen (secondary N) is 2. The predicted molar refractivity (Wildman–Crippen MR) is 106 cm³/mol. The molecule has 0 aliphatic heterocycles. The van der Waals surface area contributed by atoms with Crippen LogP contribution in [0.2, 0.25) is 0 Å². The van der Waals surface area contributed by atoms with E-state index < -0.39 is 11.0 Å². The van der Waals surface area contributed by atoms with Gasteiger partial charge in [0.25, 0.3) is 0 Å². The number of thiol groups is 1. The molecule has 0 saturated heterocycles. The van der Waals surface area contributed by atoms with Crippen molar-refractivity contribution in [2.45, 2.75) is 69.5 Å². The van der Waals surface area contributed by atoms with E-state index in [1.165, 1.54) is 0 Å². The Morgan fingerprint density at radius 2 is 1.88 bits per heavy atom. The molecule has 0 radical (unpaired) electrons. The van der Waals surface area contributed by atoms with E-state index in [0.29, 0.717) is 17.9 Å². The van der Waals surface area contributed by atoms with E-state index in [4.69, 9.17) is 4.74 Å². The van der Waals surface area contributed by atoms with Crippen LogP contribution in [0, 0.1) is 6.92 Å². The molecular weight excluding hydrogens is 348 g/mol. The summed E-state index contributed by atoms with van der Waals surface area (Å²) in [5.41, 5.74) is 2.54. The summed E-state index contributed by atoms with van der Waals surface area (Å²) < 4.78 is 21.4. The fourth-order valence-electron chi connectivity index (χ4n) is 3.68. The van der Waals surface area contributed by atoms with Gasteiger partial charge in [-0.05, 0) is 44.7 Å². The Balaban J connectivity index is 1.33. The molecule has 0 spiro atoms. The first-order chi connectivity index (χ1) is 12.6. The Hall–Kier alpha value is -1.50. The second-order valence-corrected chi connectivity index (χ2v) is 9.21. The van der Waals surface area contributed by atoms with Crippen molar-refractivity contribution in [1.82, 2.24) is 9.71 Å². The van der Waals surface area contributed by atoms with Crippen molar-refractivity contribution < 1.29 is 8.95 Å². The number of pyridine rings is 1. The van der Waals surface area contributed by atoms with E-state index in [9.17, 15) is 9.00 Å². The largest absolute Gasteiger partial charge is 0.372 e. The van der Waals surface area contributed by atoms with Crippen LogP contribution in [-0.2, 0) is 26.5 Å². The minimum atomic E-state index is -1.22. The molecular formula is C20H27N2O3S+. The fourth-order valence-corrected chi connectivity index (χ4v) is 5.13. The van der Waals surface area contributed by atoms with Gasteiger partial charge in [0.15, 0.2) is 5.43 Å². The van der Waals surface area contributed by atoms with Crippen LogP contribution in [-0.4, -0.2) is 22.4 Å². The first kappa shape index (κ1) is 17.9. The first-order valence-corrected chi connectivity index (χ1v) is 10.9. The highest BCUT2D eigenvalue weighted by molar-refractivity contribution is 7.83. The maximum absolute atomic E-state index is 12.5. The molecule has 1 heterocycles. The van der Waals surface area contributed by atoms with Gasteiger partial charge in [0.1, 0.15) is 16.2 Å². The summed E-state index contributed by atoms with van der Waals surface area (Å²) in [4.78, 5) is 15.8. The molecule has 1 atom stereocenters. The maximum Gasteiger partial charge on any atom is 0.192 e. The predicted octanol–water partition coefficient (Wildman–Crippen LogP) is 3.03. The van der Waals surface area contributed by atoms with Crippen molar-refractivity contribution in [2.24, 2.45) is 0 Å². The van der Waals surface area contributed by atoms with Crippen molar-refractivity contribution in [1.29, 1.82) is 0 Å². The quantitative estimate of drug-likeness (QED) is 0.602. The lowest BCUT2D eigenvalue weighted by Gasteiger charge is -2.27. The SMILES string of the molecule is Cc1c(COC2CCC(N[SH+](=O)C3CC3)CC2)[nH]c2ccccc2c1=O. The number of ether oxygens (including phenoxy) is 1. The molecule has 2 saturated carbocycles. The van der Waals surface area contributed by atoms with Gasteiger partial charge < -0.3 is 9.72 Å². The minimum Gasteiger partial charge on any atom is -0.372 e. The monoisotopic (exact) mass is 375 g/mol. The Kier molecular flexibility index (Phi) is 5.25. The van der Waals surface area contributed by atoms with E-state index in [-0.39, 0.29) is 11.5 Å². The van der Waals surface area contributed by atoms with E-state index in [1.807, 2.05) is 31.2 Å². The van der Waals surface area contributed by atoms with Gasteiger partial charge in [-0.25, -0.2) is 0 Å². The highest BCUT2D eigenvalue weighted by Gasteiger charge is 2.36. The third-order valence-corrected chi connectivity index (χ3v) is 7.38. The molecule has 2 aliphatic carbocycles. The van der Waals surface area contributed by atoms with Gasteiger partial charge in [-0.3, -0.25) is 4.79 Å². The smallest absolute Gasteiger partial charge is 0.192 e. The number of para-hydroxylation sites is 1. The molecule has 1 unspecified atom stereocenters. The Morgan fingerprint density at radius 3 is 2.62 bits per heavy atom. The zero-order valence-electron chi connectivity index (χ0n) is 15.2. The lowest BCUT2D eigenvalue weighted by Crippen LogP contribution is -2.37. The van der Waals surface area contributed by atoms with Crippen molar-refractivity contribution >= 4 is 21.9 Å². The van der Waals surface area contributed by atoms with Crippen molar-refractivity contribution in [3.05, 3.63) is 45.7 Å². The number of aromatic nitrogens is 1. The molecule has 1 aromatic carbocycles. The number of rotatable bonds is 6. The van der Waals surface area contributed by atoms with E-state index in [1.54, 1.807) is 0 Å². The summed E-state index contributed by atoms with van der Waals surface area (Å²) in [5.74, 6) is 0. The minimum absolute atomic E-state index is 0.0785. The van der Waals surface area contributed by atoms with Crippen molar-refractivity contribution in [2.75, 3.05) is 0 Å². The number of H-pyrrole nitrogens is 1. The molecule has 2 fully saturated rings. The molecule has 0 amide bonds. The van der Waals surface area contributed by atoms with Gasteiger partial charge in [-0.1, -0.05) is 16.3 Å². The number of fused-ring (bicyclic) bond motifs is 1. The molecule has 1 aromatic heterocycles. The number of aromatic amines is 1. The summed E-state index contributed by atoms with van der Waals surface area (Å²) in [6.45, 7) is 2.30. The standard InChI is InChI=1S/C20H26N2O3S/c1-13-19(21-18-5-3-2-4-17(18)20(13)23)12-25-15-8-6-14(7-9-15)22-26(24)16-10-11-16/h2-5,14-16H,6-12H2,1H3,(H,21,23)(H,22,24)/p+1. The lowest BCUT2D eigenvalue weighted by molar-refractivity contribution is 0.0112. The summed E-state index contributed by atoms with van der Waals surface area (Å²) in [6, 6.07) is 7.96. The Morgan fingerprint density at radius 1 is 1.15 bits per heavy atom. The van der Waals surface area contributed by atoms with Crippen molar-refractivity contribution in [3.8, 4) is 0 Å². The highest BCUT2D eigenvalue weighted by Crippen LogP contribution is 2.28. The second kappa shape index (κ2) is 7.62. The maximum atomic E-state index is 12.5. The van der Waals surface area contributed by atoms with Crippen LogP contribution >= 0.6 is 0 Å². The third-order valence-electron chi connectivity index (χ3n) is 5.58. The van der Waals surface area contributed by atoms with Crippen LogP contribution in [0.1, 0.15) is 49.8 Å². The molecule has 26 heavy (non-hydrogen) atoms. The van der Waals surface area contributed by atoms with Crippen LogP contribution in [0.3, 0.4) is 0 Å². The first-order valence-electron chi connectivity index (χ1n) is 9.56. The summed E-state index contributed by atoms with van der Waals surface area (Å²) in [7, 11) is -1.22. The normalized spacial score (nSPS) is 24.7. The molecule has 6 heteroatoms. The van der Waals surface area contributed by atoms with Gasteiger partial charge in [-0.2, -0.15) is 0 Å². The number of benzene rings is 1. The molecule has 2 aromatic rings. The van der Waals surface area contributed by atoms with Crippen LogP contribution in [0.15, 0.2) is 29.1 Å². The summed E-state index contributed by atoms with van der Waals surface area (Å²) in [5, 5.41) is 1.15. The third kappa shape index (κ3) is 3.92. The number of hydrogen-bond acceptors (Lipinski definition) is 3. The molecule has 2 N–H and O–H groups in total. The molecule has 0 bridgehead atoms.